The fraction of sp³-hybridized carbons (Fsp3) is 0.538. The SMILES string of the molecule is CNC(C)c1ccccc1N(C)C(C)NC. The second-order valence-corrected chi connectivity index (χ2v) is 4.14. The lowest BCUT2D eigenvalue weighted by atomic mass is 10.1. The van der Waals surface area contributed by atoms with Crippen molar-refractivity contribution in [3.63, 3.8) is 0 Å². The summed E-state index contributed by atoms with van der Waals surface area (Å²) in [4.78, 5) is 2.25. The van der Waals surface area contributed by atoms with Crippen LogP contribution in [0.2, 0.25) is 0 Å². The topological polar surface area (TPSA) is 27.3 Å². The molecule has 0 radical (unpaired) electrons. The molecule has 0 heterocycles. The van der Waals surface area contributed by atoms with Crippen LogP contribution in [0.25, 0.3) is 0 Å². The highest BCUT2D eigenvalue weighted by Gasteiger charge is 2.14. The van der Waals surface area contributed by atoms with Crippen LogP contribution in [-0.4, -0.2) is 27.3 Å². The second kappa shape index (κ2) is 5.87. The highest BCUT2D eigenvalue weighted by atomic mass is 15.2. The first-order valence-electron chi connectivity index (χ1n) is 5.78. The molecule has 0 saturated heterocycles. The molecule has 0 aliphatic rings. The normalized spacial score (nSPS) is 14.6. The molecule has 0 saturated carbocycles. The summed E-state index contributed by atoms with van der Waals surface area (Å²) in [7, 11) is 6.08. The van der Waals surface area contributed by atoms with Crippen LogP contribution in [0.5, 0.6) is 0 Å². The summed E-state index contributed by atoms with van der Waals surface area (Å²) in [6.45, 7) is 4.33. The van der Waals surface area contributed by atoms with Gasteiger partial charge < -0.3 is 15.5 Å². The summed E-state index contributed by atoms with van der Waals surface area (Å²) in [5, 5.41) is 6.54. The number of para-hydroxylation sites is 1. The zero-order chi connectivity index (χ0) is 12.1. The number of nitrogens with zero attached hydrogens (tertiary/aromatic N) is 1. The van der Waals surface area contributed by atoms with E-state index in [0.29, 0.717) is 12.2 Å². The Bertz CT molecular complexity index is 325. The standard InChI is InChI=1S/C13H23N3/c1-10(14-3)12-8-6-7-9-13(12)16(5)11(2)15-4/h6-11,14-15H,1-5H3. The van der Waals surface area contributed by atoms with Crippen molar-refractivity contribution in [1.29, 1.82) is 0 Å². The van der Waals surface area contributed by atoms with E-state index in [0.717, 1.165) is 0 Å². The van der Waals surface area contributed by atoms with Crippen molar-refractivity contribution in [2.45, 2.75) is 26.1 Å². The molecule has 3 heteroatoms. The molecule has 16 heavy (non-hydrogen) atoms. The van der Waals surface area contributed by atoms with Crippen LogP contribution in [0.1, 0.15) is 25.5 Å². The molecular weight excluding hydrogens is 198 g/mol. The number of hydrogen-bond acceptors (Lipinski definition) is 3. The number of rotatable bonds is 5. The van der Waals surface area contributed by atoms with E-state index in [9.17, 15) is 0 Å². The van der Waals surface area contributed by atoms with Gasteiger partial charge in [0.05, 0.1) is 6.17 Å². The van der Waals surface area contributed by atoms with E-state index in [4.69, 9.17) is 0 Å². The first-order chi connectivity index (χ1) is 7.61. The van der Waals surface area contributed by atoms with E-state index < -0.39 is 0 Å². The molecule has 1 aromatic carbocycles. The summed E-state index contributed by atoms with van der Waals surface area (Å²) < 4.78 is 0. The number of benzene rings is 1. The van der Waals surface area contributed by atoms with Crippen molar-refractivity contribution in [3.8, 4) is 0 Å². The third-order valence-electron chi connectivity index (χ3n) is 3.21. The molecule has 2 atom stereocenters. The molecule has 0 fully saturated rings. The Morgan fingerprint density at radius 3 is 2.25 bits per heavy atom. The molecule has 0 bridgehead atoms. The largest absolute Gasteiger partial charge is 0.359 e. The van der Waals surface area contributed by atoms with Gasteiger partial charge in [-0.1, -0.05) is 18.2 Å². The maximum atomic E-state index is 3.29. The molecule has 3 nitrogen and oxygen atoms in total. The lowest BCUT2D eigenvalue weighted by molar-refractivity contribution is 0.589. The number of nitrogens with one attached hydrogen (secondary N) is 2. The highest BCUT2D eigenvalue weighted by molar-refractivity contribution is 5.54. The molecule has 90 valence electrons. The molecule has 0 amide bonds. The Morgan fingerprint density at radius 1 is 1.06 bits per heavy atom. The van der Waals surface area contributed by atoms with Gasteiger partial charge in [0.25, 0.3) is 0 Å². The van der Waals surface area contributed by atoms with Gasteiger partial charge in [-0.2, -0.15) is 0 Å². The van der Waals surface area contributed by atoms with Crippen molar-refractivity contribution in [1.82, 2.24) is 10.6 Å². The Kier molecular flexibility index (Phi) is 4.77. The van der Waals surface area contributed by atoms with Crippen molar-refractivity contribution >= 4 is 5.69 Å². The average Bonchev–Trinajstić information content (AvgIpc) is 2.35. The third kappa shape index (κ3) is 2.74. The van der Waals surface area contributed by atoms with E-state index in [2.05, 4.69) is 60.7 Å². The summed E-state index contributed by atoms with van der Waals surface area (Å²) in [5.74, 6) is 0. The minimum Gasteiger partial charge on any atom is -0.359 e. The van der Waals surface area contributed by atoms with Gasteiger partial charge in [0.2, 0.25) is 0 Å². The maximum Gasteiger partial charge on any atom is 0.0761 e. The molecule has 0 aliphatic heterocycles. The van der Waals surface area contributed by atoms with Crippen LogP contribution in [0.15, 0.2) is 24.3 Å². The molecule has 0 aromatic heterocycles. The second-order valence-electron chi connectivity index (χ2n) is 4.14. The fourth-order valence-corrected chi connectivity index (χ4v) is 1.73. The average molecular weight is 221 g/mol. The van der Waals surface area contributed by atoms with Crippen LogP contribution < -0.4 is 15.5 Å². The quantitative estimate of drug-likeness (QED) is 0.744. The lowest BCUT2D eigenvalue weighted by Crippen LogP contribution is -2.39. The van der Waals surface area contributed by atoms with Crippen LogP contribution >= 0.6 is 0 Å². The highest BCUT2D eigenvalue weighted by Crippen LogP contribution is 2.25. The van der Waals surface area contributed by atoms with E-state index in [1.165, 1.54) is 11.3 Å². The van der Waals surface area contributed by atoms with Gasteiger partial charge in [0.15, 0.2) is 0 Å². The molecule has 1 rings (SSSR count). The first-order valence-corrected chi connectivity index (χ1v) is 5.78. The predicted octanol–water partition coefficient (Wildman–Crippen LogP) is 1.97. The predicted molar refractivity (Wildman–Crippen MR) is 70.8 cm³/mol. The van der Waals surface area contributed by atoms with Gasteiger partial charge in [0, 0.05) is 18.8 Å². The van der Waals surface area contributed by atoms with Crippen LogP contribution in [0.3, 0.4) is 0 Å². The van der Waals surface area contributed by atoms with Crippen LogP contribution in [0.4, 0.5) is 5.69 Å². The zero-order valence-electron chi connectivity index (χ0n) is 10.9. The molecule has 2 unspecified atom stereocenters. The minimum atomic E-state index is 0.324. The Hall–Kier alpha value is -1.06. The molecule has 2 N–H and O–H groups in total. The number of anilines is 1. The van der Waals surface area contributed by atoms with Crippen molar-refractivity contribution in [2.24, 2.45) is 0 Å². The van der Waals surface area contributed by atoms with Gasteiger partial charge in [-0.15, -0.1) is 0 Å². The Morgan fingerprint density at radius 2 is 1.69 bits per heavy atom. The van der Waals surface area contributed by atoms with Crippen molar-refractivity contribution in [2.75, 3.05) is 26.0 Å². The van der Waals surface area contributed by atoms with Gasteiger partial charge in [-0.05, 0) is 39.6 Å². The van der Waals surface area contributed by atoms with Gasteiger partial charge in [-0.3, -0.25) is 0 Å². The molecule has 0 spiro atoms. The van der Waals surface area contributed by atoms with Crippen LogP contribution in [0, 0.1) is 0 Å². The summed E-state index contributed by atoms with van der Waals surface area (Å²) in [6.07, 6.45) is 0.324. The monoisotopic (exact) mass is 221 g/mol. The maximum absolute atomic E-state index is 3.29. The molecule has 1 aromatic rings. The van der Waals surface area contributed by atoms with Crippen molar-refractivity contribution < 1.29 is 0 Å². The van der Waals surface area contributed by atoms with E-state index >= 15 is 0 Å². The van der Waals surface area contributed by atoms with E-state index in [-0.39, 0.29) is 0 Å². The summed E-state index contributed by atoms with van der Waals surface area (Å²) in [5.41, 5.74) is 2.60. The van der Waals surface area contributed by atoms with Crippen molar-refractivity contribution in [3.05, 3.63) is 29.8 Å². The third-order valence-corrected chi connectivity index (χ3v) is 3.21. The zero-order valence-corrected chi connectivity index (χ0v) is 10.9. The Balaban J connectivity index is 3.03. The van der Waals surface area contributed by atoms with Gasteiger partial charge in [-0.25, -0.2) is 0 Å². The van der Waals surface area contributed by atoms with Gasteiger partial charge in [0.1, 0.15) is 0 Å². The van der Waals surface area contributed by atoms with E-state index in [1.807, 2.05) is 14.1 Å². The lowest BCUT2D eigenvalue weighted by Gasteiger charge is -2.30. The number of hydrogen-bond donors (Lipinski definition) is 2. The van der Waals surface area contributed by atoms with E-state index in [1.54, 1.807) is 0 Å². The Labute approximate surface area is 98.8 Å². The van der Waals surface area contributed by atoms with Gasteiger partial charge >= 0.3 is 0 Å². The van der Waals surface area contributed by atoms with Crippen LogP contribution in [-0.2, 0) is 0 Å². The summed E-state index contributed by atoms with van der Waals surface area (Å²) in [6, 6.07) is 8.87. The minimum absolute atomic E-state index is 0.324. The fourth-order valence-electron chi connectivity index (χ4n) is 1.73. The summed E-state index contributed by atoms with van der Waals surface area (Å²) >= 11 is 0. The molecular formula is C13H23N3. The first kappa shape index (κ1) is 13.0. The smallest absolute Gasteiger partial charge is 0.0761 e. The molecule has 0 aliphatic carbocycles.